The number of carbonyl (C=O) groups is 2. The summed E-state index contributed by atoms with van der Waals surface area (Å²) in [5.74, 6) is 0.359. The fraction of sp³-hybridized carbons (Fsp3) is 0.417. The van der Waals surface area contributed by atoms with Gasteiger partial charge in [0.15, 0.2) is 0 Å². The predicted octanol–water partition coefficient (Wildman–Crippen LogP) is 2.13. The number of nitrogens with zero attached hydrogens (tertiary/aromatic N) is 2. The second kappa shape index (κ2) is 12.4. The zero-order valence-corrected chi connectivity index (χ0v) is 19.6. The van der Waals surface area contributed by atoms with Crippen molar-refractivity contribution >= 4 is 24.2 Å². The molecule has 2 unspecified atom stereocenters. The third kappa shape index (κ3) is 6.95. The highest BCUT2D eigenvalue weighted by Crippen LogP contribution is 2.26. The Kier molecular flexibility index (Phi) is 9.97. The molecule has 1 aliphatic heterocycles. The van der Waals surface area contributed by atoms with Crippen molar-refractivity contribution in [1.29, 1.82) is 0 Å². The minimum atomic E-state index is -0.694. The van der Waals surface area contributed by atoms with Gasteiger partial charge in [-0.3, -0.25) is 9.59 Å². The second-order valence-electron chi connectivity index (χ2n) is 8.04. The molecule has 1 heterocycles. The van der Waals surface area contributed by atoms with Gasteiger partial charge in [-0.05, 0) is 25.7 Å². The summed E-state index contributed by atoms with van der Waals surface area (Å²) in [6, 6.07) is 16.6. The van der Waals surface area contributed by atoms with E-state index in [2.05, 4.69) is 5.32 Å². The Hall–Kier alpha value is -2.61. The van der Waals surface area contributed by atoms with E-state index in [1.54, 1.807) is 0 Å². The van der Waals surface area contributed by atoms with Crippen LogP contribution >= 0.6 is 12.4 Å². The number of amides is 2. The van der Waals surface area contributed by atoms with Gasteiger partial charge < -0.3 is 24.6 Å². The van der Waals surface area contributed by atoms with Gasteiger partial charge in [-0.1, -0.05) is 48.5 Å². The van der Waals surface area contributed by atoms with Crippen molar-refractivity contribution in [1.82, 2.24) is 15.1 Å². The van der Waals surface area contributed by atoms with Crippen LogP contribution in [0.1, 0.15) is 11.1 Å². The monoisotopic (exact) mass is 461 g/mol. The average Bonchev–Trinajstić information content (AvgIpc) is 2.93. The molecular weight excluding hydrogens is 430 g/mol. The number of benzene rings is 2. The van der Waals surface area contributed by atoms with Crippen molar-refractivity contribution in [3.8, 4) is 5.75 Å². The Bertz CT molecular complexity index is 879. The normalized spacial score (nSPS) is 16.2. The standard InChI is InChI=1S/C24H31N3O4.ClH/c1-26(2)15-20-16-31-22-12-8-7-11-19(22)14-27(20)24(29)21(25-23(28)17-30-3)13-18-9-5-4-6-10-18;/h4-12,20-21H,13-17H2,1-3H3,(H,25,28);1H. The first-order valence-corrected chi connectivity index (χ1v) is 10.5. The second-order valence-corrected chi connectivity index (χ2v) is 8.04. The SMILES string of the molecule is COCC(=O)NC(Cc1ccccc1)C(=O)N1Cc2ccccc2OCC1CN(C)C.Cl. The molecule has 0 saturated heterocycles. The molecule has 0 spiro atoms. The topological polar surface area (TPSA) is 71.1 Å². The molecule has 0 aliphatic carbocycles. The average molecular weight is 462 g/mol. The maximum atomic E-state index is 13.8. The molecule has 2 atom stereocenters. The fourth-order valence-electron chi connectivity index (χ4n) is 3.81. The van der Waals surface area contributed by atoms with E-state index < -0.39 is 6.04 Å². The Balaban J connectivity index is 0.00000363. The Morgan fingerprint density at radius 1 is 1.16 bits per heavy atom. The number of fused-ring (bicyclic) bond motifs is 1. The van der Waals surface area contributed by atoms with E-state index >= 15 is 0 Å². The maximum Gasteiger partial charge on any atom is 0.246 e. The van der Waals surface area contributed by atoms with Crippen LogP contribution in [-0.2, 0) is 27.3 Å². The minimum Gasteiger partial charge on any atom is -0.491 e. The minimum absolute atomic E-state index is 0. The summed E-state index contributed by atoms with van der Waals surface area (Å²) in [7, 11) is 5.41. The zero-order valence-electron chi connectivity index (χ0n) is 18.8. The number of hydrogen-bond acceptors (Lipinski definition) is 5. The maximum absolute atomic E-state index is 13.8. The van der Waals surface area contributed by atoms with Crippen LogP contribution < -0.4 is 10.1 Å². The number of likely N-dealkylation sites (N-methyl/N-ethyl adjacent to an activating group) is 1. The third-order valence-corrected chi connectivity index (χ3v) is 5.24. The smallest absolute Gasteiger partial charge is 0.246 e. The molecular formula is C24H32ClN3O4. The summed E-state index contributed by atoms with van der Waals surface area (Å²) in [6.45, 7) is 1.39. The largest absolute Gasteiger partial charge is 0.491 e. The predicted molar refractivity (Wildman–Crippen MR) is 126 cm³/mol. The van der Waals surface area contributed by atoms with E-state index in [1.165, 1.54) is 7.11 Å². The van der Waals surface area contributed by atoms with E-state index in [4.69, 9.17) is 9.47 Å². The molecule has 2 aromatic rings. The molecule has 0 radical (unpaired) electrons. The van der Waals surface area contributed by atoms with Gasteiger partial charge in [0.1, 0.15) is 25.0 Å². The summed E-state index contributed by atoms with van der Waals surface area (Å²) < 4.78 is 11.0. The van der Waals surface area contributed by atoms with Gasteiger partial charge in [-0.15, -0.1) is 12.4 Å². The lowest BCUT2D eigenvalue weighted by Crippen LogP contribution is -2.55. The van der Waals surface area contributed by atoms with Gasteiger partial charge in [0.25, 0.3) is 0 Å². The number of para-hydroxylation sites is 1. The molecule has 8 heteroatoms. The van der Waals surface area contributed by atoms with E-state index in [0.717, 1.165) is 16.9 Å². The van der Waals surface area contributed by atoms with Crippen LogP contribution in [0, 0.1) is 0 Å². The number of methoxy groups -OCH3 is 1. The summed E-state index contributed by atoms with van der Waals surface area (Å²) >= 11 is 0. The third-order valence-electron chi connectivity index (χ3n) is 5.24. The Morgan fingerprint density at radius 2 is 1.84 bits per heavy atom. The number of carbonyl (C=O) groups excluding carboxylic acids is 2. The first kappa shape index (κ1) is 25.6. The number of ether oxygens (including phenoxy) is 2. The quantitative estimate of drug-likeness (QED) is 0.652. The highest BCUT2D eigenvalue weighted by Gasteiger charge is 2.34. The van der Waals surface area contributed by atoms with Crippen molar-refractivity contribution < 1.29 is 19.1 Å². The first-order valence-electron chi connectivity index (χ1n) is 10.5. The molecule has 0 bridgehead atoms. The van der Waals surface area contributed by atoms with E-state index in [0.29, 0.717) is 26.1 Å². The van der Waals surface area contributed by atoms with Crippen molar-refractivity contribution in [2.24, 2.45) is 0 Å². The van der Waals surface area contributed by atoms with Crippen LogP contribution in [0.15, 0.2) is 54.6 Å². The molecule has 0 aromatic heterocycles. The van der Waals surface area contributed by atoms with E-state index in [1.807, 2.05) is 78.5 Å². The lowest BCUT2D eigenvalue weighted by Gasteiger charge is -2.34. The van der Waals surface area contributed by atoms with Crippen LogP contribution in [-0.4, -0.2) is 74.7 Å². The molecule has 0 saturated carbocycles. The van der Waals surface area contributed by atoms with Crippen LogP contribution in [0.4, 0.5) is 0 Å². The molecule has 2 amide bonds. The molecule has 2 aromatic carbocycles. The number of halogens is 1. The summed E-state index contributed by atoms with van der Waals surface area (Å²) in [4.78, 5) is 30.0. The summed E-state index contributed by atoms with van der Waals surface area (Å²) in [5, 5.41) is 2.87. The highest BCUT2D eigenvalue weighted by molar-refractivity contribution is 5.88. The molecule has 32 heavy (non-hydrogen) atoms. The highest BCUT2D eigenvalue weighted by atomic mass is 35.5. The van der Waals surface area contributed by atoms with E-state index in [9.17, 15) is 9.59 Å². The van der Waals surface area contributed by atoms with Crippen LogP contribution in [0.3, 0.4) is 0 Å². The molecule has 0 fully saturated rings. The lowest BCUT2D eigenvalue weighted by atomic mass is 10.0. The molecule has 1 aliphatic rings. The van der Waals surface area contributed by atoms with Crippen LogP contribution in [0.5, 0.6) is 5.75 Å². The van der Waals surface area contributed by atoms with Gasteiger partial charge in [0, 0.05) is 32.2 Å². The van der Waals surface area contributed by atoms with Gasteiger partial charge in [-0.25, -0.2) is 0 Å². The first-order chi connectivity index (χ1) is 15.0. The molecule has 7 nitrogen and oxygen atoms in total. The number of nitrogens with one attached hydrogen (secondary N) is 1. The van der Waals surface area contributed by atoms with Gasteiger partial charge in [-0.2, -0.15) is 0 Å². The Morgan fingerprint density at radius 3 is 2.53 bits per heavy atom. The molecule has 3 rings (SSSR count). The number of rotatable bonds is 8. The van der Waals surface area contributed by atoms with Crippen molar-refractivity contribution in [2.75, 3.05) is 41.0 Å². The van der Waals surface area contributed by atoms with Crippen molar-refractivity contribution in [3.05, 3.63) is 65.7 Å². The van der Waals surface area contributed by atoms with Gasteiger partial charge >= 0.3 is 0 Å². The van der Waals surface area contributed by atoms with Crippen LogP contribution in [0.25, 0.3) is 0 Å². The van der Waals surface area contributed by atoms with Crippen LogP contribution in [0.2, 0.25) is 0 Å². The summed E-state index contributed by atoms with van der Waals surface area (Å²) in [5.41, 5.74) is 1.94. The van der Waals surface area contributed by atoms with Gasteiger partial charge in [0.05, 0.1) is 6.04 Å². The van der Waals surface area contributed by atoms with Crippen molar-refractivity contribution in [3.63, 3.8) is 0 Å². The van der Waals surface area contributed by atoms with E-state index in [-0.39, 0.29) is 36.9 Å². The zero-order chi connectivity index (χ0) is 22.2. The summed E-state index contributed by atoms with van der Waals surface area (Å²) in [6.07, 6.45) is 0.406. The Labute approximate surface area is 196 Å². The molecule has 1 N–H and O–H groups in total. The van der Waals surface area contributed by atoms with Crippen molar-refractivity contribution in [2.45, 2.75) is 25.0 Å². The fourth-order valence-corrected chi connectivity index (χ4v) is 3.81. The molecule has 174 valence electrons. The van der Waals surface area contributed by atoms with Gasteiger partial charge in [0.2, 0.25) is 11.8 Å². The number of hydrogen-bond donors (Lipinski definition) is 1. The lowest BCUT2D eigenvalue weighted by molar-refractivity contribution is -0.140.